The number of aryl methyl sites for hydroxylation is 1. The van der Waals surface area contributed by atoms with Gasteiger partial charge in [0.15, 0.2) is 0 Å². The zero-order valence-electron chi connectivity index (χ0n) is 14.0. The number of hydrogen-bond acceptors (Lipinski definition) is 4. The van der Waals surface area contributed by atoms with Gasteiger partial charge in [-0.2, -0.15) is 5.10 Å². The van der Waals surface area contributed by atoms with Gasteiger partial charge in [0.1, 0.15) is 0 Å². The molecule has 124 valence electrons. The number of nitrogens with zero attached hydrogens (tertiary/aromatic N) is 4. The van der Waals surface area contributed by atoms with Crippen LogP contribution in [0.1, 0.15) is 19.4 Å². The molecule has 0 radical (unpaired) electrons. The third-order valence-corrected chi connectivity index (χ3v) is 3.72. The van der Waals surface area contributed by atoms with Crippen molar-refractivity contribution in [3.8, 4) is 0 Å². The molecular formula is C15H27N5O2. The van der Waals surface area contributed by atoms with Crippen molar-refractivity contribution >= 4 is 6.03 Å². The molecule has 1 fully saturated rings. The minimum Gasteiger partial charge on any atom is -0.373 e. The molecule has 7 heteroatoms. The number of carbonyl (C=O) groups is 1. The number of rotatable bonds is 5. The third-order valence-electron chi connectivity index (χ3n) is 3.72. The molecule has 0 spiro atoms. The molecule has 1 aliphatic heterocycles. The topological polar surface area (TPSA) is 62.6 Å². The van der Waals surface area contributed by atoms with E-state index in [9.17, 15) is 4.79 Å². The molecule has 0 aromatic carbocycles. The molecule has 2 amide bonds. The van der Waals surface area contributed by atoms with E-state index in [0.29, 0.717) is 13.1 Å². The number of urea groups is 1. The molecule has 2 heterocycles. The summed E-state index contributed by atoms with van der Waals surface area (Å²) in [5.74, 6) is 0. The van der Waals surface area contributed by atoms with Crippen LogP contribution in [0.3, 0.4) is 0 Å². The fourth-order valence-electron chi connectivity index (χ4n) is 2.82. The van der Waals surface area contributed by atoms with Crippen LogP contribution in [0.5, 0.6) is 0 Å². The maximum Gasteiger partial charge on any atom is 0.317 e. The molecule has 22 heavy (non-hydrogen) atoms. The monoisotopic (exact) mass is 309 g/mol. The summed E-state index contributed by atoms with van der Waals surface area (Å²) in [6.45, 7) is 8.08. The molecule has 1 aromatic rings. The van der Waals surface area contributed by atoms with Crippen LogP contribution < -0.4 is 5.32 Å². The maximum absolute atomic E-state index is 12.1. The molecule has 2 atom stereocenters. The summed E-state index contributed by atoms with van der Waals surface area (Å²) in [7, 11) is 3.66. The number of carbonyl (C=O) groups excluding carboxylic acids is 1. The van der Waals surface area contributed by atoms with Gasteiger partial charge in [0.05, 0.1) is 24.9 Å². The highest BCUT2D eigenvalue weighted by molar-refractivity contribution is 5.73. The van der Waals surface area contributed by atoms with Crippen LogP contribution in [0.15, 0.2) is 12.4 Å². The minimum absolute atomic E-state index is 0.0572. The van der Waals surface area contributed by atoms with Crippen LogP contribution in [-0.4, -0.2) is 71.0 Å². The van der Waals surface area contributed by atoms with Gasteiger partial charge in [-0.25, -0.2) is 4.79 Å². The van der Waals surface area contributed by atoms with Gasteiger partial charge in [0.25, 0.3) is 0 Å². The van der Waals surface area contributed by atoms with Gasteiger partial charge >= 0.3 is 6.03 Å². The van der Waals surface area contributed by atoms with Gasteiger partial charge in [-0.15, -0.1) is 0 Å². The Kier molecular flexibility index (Phi) is 5.79. The Balaban J connectivity index is 1.68. The Labute approximate surface area is 132 Å². The second-order valence-electron chi connectivity index (χ2n) is 6.13. The van der Waals surface area contributed by atoms with Crippen molar-refractivity contribution in [2.24, 2.45) is 7.05 Å². The van der Waals surface area contributed by atoms with E-state index in [4.69, 9.17) is 4.74 Å². The van der Waals surface area contributed by atoms with E-state index in [-0.39, 0.29) is 18.2 Å². The van der Waals surface area contributed by atoms with Gasteiger partial charge in [-0.3, -0.25) is 9.58 Å². The van der Waals surface area contributed by atoms with Gasteiger partial charge in [0.2, 0.25) is 0 Å². The number of ether oxygens (including phenoxy) is 1. The third kappa shape index (κ3) is 4.99. The SMILES string of the molecule is C[C@@H]1CN(CCNC(=O)N(C)Cc2cnn(C)c2)C[C@@H](C)O1. The molecular weight excluding hydrogens is 282 g/mol. The summed E-state index contributed by atoms with van der Waals surface area (Å²) in [5.41, 5.74) is 1.02. The molecule has 0 unspecified atom stereocenters. The first-order valence-electron chi connectivity index (χ1n) is 7.78. The van der Waals surface area contributed by atoms with Crippen LogP contribution >= 0.6 is 0 Å². The van der Waals surface area contributed by atoms with E-state index in [0.717, 1.165) is 25.2 Å². The first-order valence-corrected chi connectivity index (χ1v) is 7.78. The predicted octanol–water partition coefficient (Wildman–Crippen LogP) is 0.671. The van der Waals surface area contributed by atoms with Crippen molar-refractivity contribution in [2.45, 2.75) is 32.6 Å². The summed E-state index contributed by atoms with van der Waals surface area (Å²) in [4.78, 5) is 16.1. The lowest BCUT2D eigenvalue weighted by Gasteiger charge is -2.35. The van der Waals surface area contributed by atoms with E-state index >= 15 is 0 Å². The lowest BCUT2D eigenvalue weighted by molar-refractivity contribution is -0.0672. The zero-order chi connectivity index (χ0) is 16.1. The molecule has 0 aliphatic carbocycles. The van der Waals surface area contributed by atoms with E-state index in [1.54, 1.807) is 22.8 Å². The summed E-state index contributed by atoms with van der Waals surface area (Å²) in [5, 5.41) is 7.07. The maximum atomic E-state index is 12.1. The standard InChI is InChI=1S/C15H27N5O2/c1-12-8-20(9-13(2)22-12)6-5-16-15(21)18(3)10-14-7-17-19(4)11-14/h7,11-13H,5-6,8-10H2,1-4H3,(H,16,21)/t12-,13-/m1/s1. The van der Waals surface area contributed by atoms with Gasteiger partial charge in [-0.1, -0.05) is 0 Å². The largest absolute Gasteiger partial charge is 0.373 e. The summed E-state index contributed by atoms with van der Waals surface area (Å²) in [6, 6.07) is -0.0572. The van der Waals surface area contributed by atoms with Gasteiger partial charge in [-0.05, 0) is 13.8 Å². The van der Waals surface area contributed by atoms with Gasteiger partial charge in [0, 0.05) is 52.0 Å². The van der Waals surface area contributed by atoms with Crippen LogP contribution in [0, 0.1) is 0 Å². The van der Waals surface area contributed by atoms with Crippen LogP contribution in [0.4, 0.5) is 4.79 Å². The Bertz CT molecular complexity index is 480. The second-order valence-corrected chi connectivity index (χ2v) is 6.13. The van der Waals surface area contributed by atoms with Crippen molar-refractivity contribution in [3.05, 3.63) is 18.0 Å². The fourth-order valence-corrected chi connectivity index (χ4v) is 2.82. The van der Waals surface area contributed by atoms with E-state index in [1.165, 1.54) is 0 Å². The highest BCUT2D eigenvalue weighted by atomic mass is 16.5. The highest BCUT2D eigenvalue weighted by Crippen LogP contribution is 2.09. The molecule has 0 bridgehead atoms. The first kappa shape index (κ1) is 16.8. The Morgan fingerprint density at radius 2 is 2.14 bits per heavy atom. The van der Waals surface area contributed by atoms with Crippen LogP contribution in [0.25, 0.3) is 0 Å². The minimum atomic E-state index is -0.0572. The second kappa shape index (κ2) is 7.60. The number of hydrogen-bond donors (Lipinski definition) is 1. The smallest absolute Gasteiger partial charge is 0.317 e. The van der Waals surface area contributed by atoms with Crippen molar-refractivity contribution in [3.63, 3.8) is 0 Å². The number of morpholine rings is 1. The quantitative estimate of drug-likeness (QED) is 0.868. The molecule has 1 aromatic heterocycles. The number of amides is 2. The van der Waals surface area contributed by atoms with Crippen LogP contribution in [-0.2, 0) is 18.3 Å². The summed E-state index contributed by atoms with van der Waals surface area (Å²) < 4.78 is 7.44. The lowest BCUT2D eigenvalue weighted by Crippen LogP contribution is -2.48. The molecule has 1 N–H and O–H groups in total. The van der Waals surface area contributed by atoms with Crippen molar-refractivity contribution in [1.29, 1.82) is 0 Å². The normalized spacial score (nSPS) is 22.5. The van der Waals surface area contributed by atoms with Crippen molar-refractivity contribution < 1.29 is 9.53 Å². The van der Waals surface area contributed by atoms with E-state index in [2.05, 4.69) is 29.2 Å². The average molecular weight is 309 g/mol. The highest BCUT2D eigenvalue weighted by Gasteiger charge is 2.21. The molecule has 0 saturated carbocycles. The molecule has 1 saturated heterocycles. The zero-order valence-corrected chi connectivity index (χ0v) is 14.0. The summed E-state index contributed by atoms with van der Waals surface area (Å²) >= 11 is 0. The average Bonchev–Trinajstić information content (AvgIpc) is 2.82. The Hall–Kier alpha value is -1.60. The van der Waals surface area contributed by atoms with Gasteiger partial charge < -0.3 is 15.0 Å². The molecule has 7 nitrogen and oxygen atoms in total. The Morgan fingerprint density at radius 3 is 2.73 bits per heavy atom. The van der Waals surface area contributed by atoms with E-state index < -0.39 is 0 Å². The van der Waals surface area contributed by atoms with E-state index in [1.807, 2.05) is 13.2 Å². The van der Waals surface area contributed by atoms with Crippen molar-refractivity contribution in [1.82, 2.24) is 24.9 Å². The molecule has 1 aliphatic rings. The predicted molar refractivity (Wildman–Crippen MR) is 84.5 cm³/mol. The number of nitrogens with one attached hydrogen (secondary N) is 1. The molecule has 2 rings (SSSR count). The Morgan fingerprint density at radius 1 is 1.45 bits per heavy atom. The van der Waals surface area contributed by atoms with Crippen LogP contribution in [0.2, 0.25) is 0 Å². The summed E-state index contributed by atoms with van der Waals surface area (Å²) in [6.07, 6.45) is 4.21. The first-order chi connectivity index (χ1) is 10.4. The van der Waals surface area contributed by atoms with Crippen molar-refractivity contribution in [2.75, 3.05) is 33.2 Å². The fraction of sp³-hybridized carbons (Fsp3) is 0.733. The lowest BCUT2D eigenvalue weighted by atomic mass is 10.2. The number of aromatic nitrogens is 2.